The zero-order valence-electron chi connectivity index (χ0n) is 9.59. The van der Waals surface area contributed by atoms with Gasteiger partial charge >= 0.3 is 5.97 Å². The Bertz CT molecular complexity index is 392. The minimum Gasteiger partial charge on any atom is -0.479 e. The van der Waals surface area contributed by atoms with Crippen LogP contribution < -0.4 is 11.1 Å². The molecule has 0 saturated heterocycles. The van der Waals surface area contributed by atoms with Crippen molar-refractivity contribution in [3.63, 3.8) is 0 Å². The molecular weight excluding hydrogens is 220 g/mol. The number of hydrogen-bond donors (Lipinski definition) is 3. The van der Waals surface area contributed by atoms with Crippen LogP contribution in [0.2, 0.25) is 0 Å². The largest absolute Gasteiger partial charge is 0.479 e. The number of rotatable bonds is 5. The maximum atomic E-state index is 11.6. The highest BCUT2D eigenvalue weighted by atomic mass is 16.4. The van der Waals surface area contributed by atoms with Gasteiger partial charge in [-0.2, -0.15) is 0 Å². The van der Waals surface area contributed by atoms with Gasteiger partial charge in [0.2, 0.25) is 5.91 Å². The van der Waals surface area contributed by atoms with Crippen LogP contribution in [-0.2, 0) is 9.59 Å². The summed E-state index contributed by atoms with van der Waals surface area (Å²) in [4.78, 5) is 22.7. The lowest BCUT2D eigenvalue weighted by atomic mass is 10.1. The Hall–Kier alpha value is -1.88. The van der Waals surface area contributed by atoms with Gasteiger partial charge in [-0.1, -0.05) is 37.3 Å². The second-order valence-electron chi connectivity index (χ2n) is 3.83. The van der Waals surface area contributed by atoms with Gasteiger partial charge in [-0.05, 0) is 5.56 Å². The monoisotopic (exact) mass is 236 g/mol. The average Bonchev–Trinajstić information content (AvgIpc) is 2.35. The number of carbonyl (C=O) groups excluding carboxylic acids is 1. The molecule has 2 atom stereocenters. The molecule has 17 heavy (non-hydrogen) atoms. The maximum Gasteiger partial charge on any atom is 0.330 e. The summed E-state index contributed by atoms with van der Waals surface area (Å²) >= 11 is 0. The molecule has 2 unspecified atom stereocenters. The normalized spacial score (nSPS) is 13.8. The van der Waals surface area contributed by atoms with Gasteiger partial charge < -0.3 is 16.2 Å². The van der Waals surface area contributed by atoms with Crippen molar-refractivity contribution < 1.29 is 14.7 Å². The third-order valence-electron chi connectivity index (χ3n) is 2.47. The zero-order valence-corrected chi connectivity index (χ0v) is 9.59. The molecule has 0 heterocycles. The Balaban J connectivity index is 2.82. The molecule has 0 aliphatic rings. The third-order valence-corrected chi connectivity index (χ3v) is 2.47. The summed E-state index contributed by atoms with van der Waals surface area (Å²) in [5.41, 5.74) is 5.89. The minimum absolute atomic E-state index is 0.187. The van der Waals surface area contributed by atoms with Crippen LogP contribution in [0.3, 0.4) is 0 Å². The van der Waals surface area contributed by atoms with Gasteiger partial charge in [0, 0.05) is 12.5 Å². The molecule has 1 aromatic rings. The molecule has 0 aliphatic carbocycles. The van der Waals surface area contributed by atoms with Gasteiger partial charge in [0.1, 0.15) is 0 Å². The summed E-state index contributed by atoms with van der Waals surface area (Å²) in [6.07, 6.45) is 0. The van der Waals surface area contributed by atoms with E-state index in [2.05, 4.69) is 5.32 Å². The van der Waals surface area contributed by atoms with E-state index in [1.54, 1.807) is 37.3 Å². The molecule has 92 valence electrons. The van der Waals surface area contributed by atoms with Crippen LogP contribution in [0.4, 0.5) is 0 Å². The van der Waals surface area contributed by atoms with Crippen molar-refractivity contribution >= 4 is 11.9 Å². The summed E-state index contributed by atoms with van der Waals surface area (Å²) in [7, 11) is 0. The summed E-state index contributed by atoms with van der Waals surface area (Å²) in [5, 5.41) is 11.5. The van der Waals surface area contributed by atoms with E-state index in [9.17, 15) is 9.59 Å². The highest BCUT2D eigenvalue weighted by Gasteiger charge is 2.23. The Labute approximate surface area is 99.6 Å². The van der Waals surface area contributed by atoms with Gasteiger partial charge in [0.05, 0.1) is 0 Å². The third kappa shape index (κ3) is 3.57. The number of nitrogens with one attached hydrogen (secondary N) is 1. The fourth-order valence-corrected chi connectivity index (χ4v) is 1.32. The minimum atomic E-state index is -1.09. The van der Waals surface area contributed by atoms with Crippen LogP contribution in [0.15, 0.2) is 30.3 Å². The molecule has 1 rings (SSSR count). The molecule has 5 nitrogen and oxygen atoms in total. The summed E-state index contributed by atoms with van der Waals surface area (Å²) in [5.74, 6) is -1.85. The fourth-order valence-electron chi connectivity index (χ4n) is 1.32. The molecular formula is C12H16N2O3. The molecule has 1 amide bonds. The highest BCUT2D eigenvalue weighted by Crippen LogP contribution is 2.13. The second-order valence-corrected chi connectivity index (χ2v) is 3.83. The number of carbonyl (C=O) groups is 2. The smallest absolute Gasteiger partial charge is 0.330 e. The Kier molecular flexibility index (Phi) is 4.66. The Morgan fingerprint density at radius 3 is 2.41 bits per heavy atom. The first-order valence-electron chi connectivity index (χ1n) is 5.34. The second kappa shape index (κ2) is 6.00. The molecule has 0 aliphatic heterocycles. The zero-order chi connectivity index (χ0) is 12.8. The standard InChI is InChI=1S/C12H16N2O3/c1-8(7-13)11(15)14-10(12(16)17)9-5-3-2-4-6-9/h2-6,8,10H,7,13H2,1H3,(H,14,15)(H,16,17). The van der Waals surface area contributed by atoms with E-state index in [-0.39, 0.29) is 12.5 Å². The topological polar surface area (TPSA) is 92.4 Å². The van der Waals surface area contributed by atoms with Crippen LogP contribution in [0, 0.1) is 5.92 Å². The van der Waals surface area contributed by atoms with E-state index < -0.39 is 17.9 Å². The first kappa shape index (κ1) is 13.2. The first-order chi connectivity index (χ1) is 8.06. The van der Waals surface area contributed by atoms with E-state index in [1.807, 2.05) is 0 Å². The van der Waals surface area contributed by atoms with Crippen molar-refractivity contribution in [1.29, 1.82) is 0 Å². The first-order valence-corrected chi connectivity index (χ1v) is 5.34. The average molecular weight is 236 g/mol. The molecule has 5 heteroatoms. The summed E-state index contributed by atoms with van der Waals surface area (Å²) in [6.45, 7) is 1.84. The molecule has 0 saturated carbocycles. The number of amides is 1. The lowest BCUT2D eigenvalue weighted by Crippen LogP contribution is -2.39. The lowest BCUT2D eigenvalue weighted by Gasteiger charge is -2.17. The molecule has 0 bridgehead atoms. The Morgan fingerprint density at radius 2 is 1.94 bits per heavy atom. The van der Waals surface area contributed by atoms with Crippen LogP contribution in [0.1, 0.15) is 18.5 Å². The molecule has 0 aromatic heterocycles. The van der Waals surface area contributed by atoms with Crippen molar-refractivity contribution in [1.82, 2.24) is 5.32 Å². The van der Waals surface area contributed by atoms with Crippen LogP contribution in [-0.4, -0.2) is 23.5 Å². The van der Waals surface area contributed by atoms with Gasteiger partial charge in [-0.25, -0.2) is 4.79 Å². The molecule has 0 spiro atoms. The Morgan fingerprint density at radius 1 is 1.35 bits per heavy atom. The van der Waals surface area contributed by atoms with Gasteiger partial charge in [0.25, 0.3) is 0 Å². The fraction of sp³-hybridized carbons (Fsp3) is 0.333. The maximum absolute atomic E-state index is 11.6. The predicted molar refractivity (Wildman–Crippen MR) is 63.2 cm³/mol. The van der Waals surface area contributed by atoms with Crippen molar-refractivity contribution in [2.24, 2.45) is 11.7 Å². The summed E-state index contributed by atoms with van der Waals surface area (Å²) < 4.78 is 0. The van der Waals surface area contributed by atoms with E-state index in [1.165, 1.54) is 0 Å². The van der Waals surface area contributed by atoms with Crippen LogP contribution >= 0.6 is 0 Å². The molecule has 0 radical (unpaired) electrons. The number of benzene rings is 1. The quantitative estimate of drug-likeness (QED) is 0.695. The van der Waals surface area contributed by atoms with E-state index >= 15 is 0 Å². The van der Waals surface area contributed by atoms with Crippen LogP contribution in [0.25, 0.3) is 0 Å². The van der Waals surface area contributed by atoms with Gasteiger partial charge in [-0.15, -0.1) is 0 Å². The number of carboxylic acid groups (broad SMARTS) is 1. The molecule has 4 N–H and O–H groups in total. The predicted octanol–water partition coefficient (Wildman–Crippen LogP) is 0.523. The number of aliphatic carboxylic acids is 1. The number of carboxylic acids is 1. The lowest BCUT2D eigenvalue weighted by molar-refractivity contribution is -0.142. The van der Waals surface area contributed by atoms with Crippen LogP contribution in [0.5, 0.6) is 0 Å². The molecule has 1 aromatic carbocycles. The van der Waals surface area contributed by atoms with E-state index in [0.29, 0.717) is 5.56 Å². The highest BCUT2D eigenvalue weighted by molar-refractivity contribution is 5.85. The van der Waals surface area contributed by atoms with E-state index in [0.717, 1.165) is 0 Å². The van der Waals surface area contributed by atoms with Crippen molar-refractivity contribution in [2.75, 3.05) is 6.54 Å². The van der Waals surface area contributed by atoms with E-state index in [4.69, 9.17) is 10.8 Å². The van der Waals surface area contributed by atoms with Crippen molar-refractivity contribution in [3.05, 3.63) is 35.9 Å². The SMILES string of the molecule is CC(CN)C(=O)NC(C(=O)O)c1ccccc1. The molecule has 0 fully saturated rings. The van der Waals surface area contributed by atoms with Gasteiger partial charge in [-0.3, -0.25) is 4.79 Å². The van der Waals surface area contributed by atoms with Crippen molar-refractivity contribution in [3.8, 4) is 0 Å². The van der Waals surface area contributed by atoms with Crippen molar-refractivity contribution in [2.45, 2.75) is 13.0 Å². The van der Waals surface area contributed by atoms with Gasteiger partial charge in [0.15, 0.2) is 6.04 Å². The number of nitrogens with two attached hydrogens (primary N) is 1. The summed E-state index contributed by atoms with van der Waals surface area (Å²) in [6, 6.07) is 7.52. The number of hydrogen-bond acceptors (Lipinski definition) is 3.